The van der Waals surface area contributed by atoms with E-state index in [0.717, 1.165) is 24.9 Å². The molecule has 14 heavy (non-hydrogen) atoms. The average molecular weight is 197 g/mol. The van der Waals surface area contributed by atoms with E-state index in [9.17, 15) is 0 Å². The van der Waals surface area contributed by atoms with Crippen LogP contribution < -0.4 is 0 Å². The van der Waals surface area contributed by atoms with Gasteiger partial charge in [0.1, 0.15) is 0 Å². The van der Waals surface area contributed by atoms with Crippen molar-refractivity contribution in [3.05, 3.63) is 0 Å². The van der Waals surface area contributed by atoms with E-state index in [1.165, 1.54) is 32.4 Å². The second-order valence-corrected chi connectivity index (χ2v) is 5.04. The Balaban J connectivity index is 1.80. The van der Waals surface area contributed by atoms with Crippen LogP contribution in [0.4, 0.5) is 0 Å². The summed E-state index contributed by atoms with van der Waals surface area (Å²) in [5.74, 6) is 1.89. The van der Waals surface area contributed by atoms with E-state index >= 15 is 0 Å². The van der Waals surface area contributed by atoms with Crippen LogP contribution in [0.5, 0.6) is 0 Å². The minimum Gasteiger partial charge on any atom is -0.378 e. The Hall–Kier alpha value is -0.0800. The van der Waals surface area contributed by atoms with E-state index < -0.39 is 0 Å². The third kappa shape index (κ3) is 2.29. The van der Waals surface area contributed by atoms with Crippen LogP contribution >= 0.6 is 0 Å². The van der Waals surface area contributed by atoms with Crippen molar-refractivity contribution in [2.45, 2.75) is 38.7 Å². The monoisotopic (exact) mass is 197 g/mol. The van der Waals surface area contributed by atoms with Gasteiger partial charge >= 0.3 is 0 Å². The number of ether oxygens (including phenoxy) is 1. The number of piperidine rings is 1. The van der Waals surface area contributed by atoms with E-state index in [1.54, 1.807) is 0 Å². The number of likely N-dealkylation sites (tertiary alicyclic amines) is 1. The van der Waals surface area contributed by atoms with Crippen LogP contribution in [0.1, 0.15) is 32.6 Å². The number of hydrogen-bond donors (Lipinski definition) is 0. The largest absolute Gasteiger partial charge is 0.378 e. The Bertz CT molecular complexity index is 183. The fraction of sp³-hybridized carbons (Fsp3) is 1.00. The predicted octanol–water partition coefficient (Wildman–Crippen LogP) is 2.14. The Morgan fingerprint density at radius 1 is 1.29 bits per heavy atom. The highest BCUT2D eigenvalue weighted by Crippen LogP contribution is 2.38. The summed E-state index contributed by atoms with van der Waals surface area (Å²) in [5, 5.41) is 0. The van der Waals surface area contributed by atoms with E-state index in [1.807, 2.05) is 0 Å². The zero-order valence-corrected chi connectivity index (χ0v) is 9.54. The molecule has 0 radical (unpaired) electrons. The van der Waals surface area contributed by atoms with E-state index in [0.29, 0.717) is 6.10 Å². The molecular weight excluding hydrogens is 174 g/mol. The molecule has 3 atom stereocenters. The molecule has 2 heteroatoms. The van der Waals surface area contributed by atoms with Gasteiger partial charge in [0, 0.05) is 13.2 Å². The molecule has 82 valence electrons. The summed E-state index contributed by atoms with van der Waals surface area (Å²) in [6, 6.07) is 0. The summed E-state index contributed by atoms with van der Waals surface area (Å²) in [6.45, 7) is 5.74. The molecule has 2 fully saturated rings. The molecule has 2 nitrogen and oxygen atoms in total. The summed E-state index contributed by atoms with van der Waals surface area (Å²) < 4.78 is 5.86. The Morgan fingerprint density at radius 3 is 2.86 bits per heavy atom. The minimum absolute atomic E-state index is 0.580. The summed E-state index contributed by atoms with van der Waals surface area (Å²) in [4.78, 5) is 2.48. The normalized spacial score (nSPS) is 38.6. The van der Waals surface area contributed by atoms with Crippen LogP contribution in [0.3, 0.4) is 0 Å². The van der Waals surface area contributed by atoms with Crippen LogP contribution in [0.2, 0.25) is 0 Å². The molecule has 1 heterocycles. The van der Waals surface area contributed by atoms with Crippen molar-refractivity contribution in [1.82, 2.24) is 4.90 Å². The first-order valence-corrected chi connectivity index (χ1v) is 6.09. The lowest BCUT2D eigenvalue weighted by molar-refractivity contribution is 0.0546. The maximum Gasteiger partial charge on any atom is 0.0581 e. The fourth-order valence-electron chi connectivity index (χ4n) is 3.03. The lowest BCUT2D eigenvalue weighted by atomic mass is 9.89. The first kappa shape index (κ1) is 10.4. The van der Waals surface area contributed by atoms with Gasteiger partial charge in [-0.15, -0.1) is 0 Å². The van der Waals surface area contributed by atoms with Gasteiger partial charge in [0.25, 0.3) is 0 Å². The maximum absolute atomic E-state index is 5.86. The molecular formula is C12H23NO. The minimum atomic E-state index is 0.580. The molecule has 0 N–H and O–H groups in total. The van der Waals surface area contributed by atoms with Crippen molar-refractivity contribution in [2.75, 3.05) is 26.7 Å². The van der Waals surface area contributed by atoms with Gasteiger partial charge in [-0.05, 0) is 51.1 Å². The predicted molar refractivity (Wildman–Crippen MR) is 58.4 cm³/mol. The first-order chi connectivity index (χ1) is 6.79. The molecule has 0 aromatic rings. The Kier molecular flexibility index (Phi) is 3.45. The van der Waals surface area contributed by atoms with Crippen molar-refractivity contribution < 1.29 is 4.74 Å². The van der Waals surface area contributed by atoms with Crippen LogP contribution in [0.25, 0.3) is 0 Å². The SMILES string of the molecule is CCCOC1CC2CCN(C)CC2C1. The summed E-state index contributed by atoms with van der Waals surface area (Å²) in [6.07, 6.45) is 5.78. The van der Waals surface area contributed by atoms with Crippen molar-refractivity contribution in [3.63, 3.8) is 0 Å². The molecule has 0 amide bonds. The summed E-state index contributed by atoms with van der Waals surface area (Å²) in [5.41, 5.74) is 0. The van der Waals surface area contributed by atoms with E-state index in [2.05, 4.69) is 18.9 Å². The molecule has 1 saturated carbocycles. The third-order valence-corrected chi connectivity index (χ3v) is 3.78. The van der Waals surface area contributed by atoms with Gasteiger partial charge in [0.15, 0.2) is 0 Å². The highest BCUT2D eigenvalue weighted by molar-refractivity contribution is 4.89. The summed E-state index contributed by atoms with van der Waals surface area (Å²) >= 11 is 0. The van der Waals surface area contributed by atoms with Gasteiger partial charge in [0.2, 0.25) is 0 Å². The summed E-state index contributed by atoms with van der Waals surface area (Å²) in [7, 11) is 2.25. The molecule has 0 aromatic carbocycles. The standard InChI is InChI=1S/C12H23NO/c1-3-6-14-12-7-10-4-5-13(2)9-11(10)8-12/h10-12H,3-9H2,1-2H3. The highest BCUT2D eigenvalue weighted by Gasteiger charge is 2.37. The third-order valence-electron chi connectivity index (χ3n) is 3.78. The smallest absolute Gasteiger partial charge is 0.0581 e. The van der Waals surface area contributed by atoms with Crippen molar-refractivity contribution >= 4 is 0 Å². The van der Waals surface area contributed by atoms with E-state index in [-0.39, 0.29) is 0 Å². The highest BCUT2D eigenvalue weighted by atomic mass is 16.5. The number of fused-ring (bicyclic) bond motifs is 1. The van der Waals surface area contributed by atoms with Gasteiger partial charge in [-0.2, -0.15) is 0 Å². The molecule has 0 bridgehead atoms. The molecule has 0 spiro atoms. The molecule has 1 saturated heterocycles. The molecule has 2 rings (SSSR count). The number of rotatable bonds is 3. The second-order valence-electron chi connectivity index (χ2n) is 5.04. The molecule has 1 aliphatic heterocycles. The van der Waals surface area contributed by atoms with Crippen molar-refractivity contribution in [3.8, 4) is 0 Å². The van der Waals surface area contributed by atoms with Crippen LogP contribution in [-0.4, -0.2) is 37.7 Å². The second kappa shape index (κ2) is 4.63. The van der Waals surface area contributed by atoms with Crippen molar-refractivity contribution in [2.24, 2.45) is 11.8 Å². The lowest BCUT2D eigenvalue weighted by Crippen LogP contribution is -2.35. The molecule has 0 aromatic heterocycles. The van der Waals surface area contributed by atoms with Crippen LogP contribution in [0.15, 0.2) is 0 Å². The average Bonchev–Trinajstić information content (AvgIpc) is 2.56. The Morgan fingerprint density at radius 2 is 2.07 bits per heavy atom. The quantitative estimate of drug-likeness (QED) is 0.687. The first-order valence-electron chi connectivity index (χ1n) is 6.09. The van der Waals surface area contributed by atoms with Gasteiger partial charge in [0.05, 0.1) is 6.10 Å². The van der Waals surface area contributed by atoms with Gasteiger partial charge in [-0.25, -0.2) is 0 Å². The van der Waals surface area contributed by atoms with Crippen LogP contribution in [-0.2, 0) is 4.74 Å². The van der Waals surface area contributed by atoms with Crippen LogP contribution in [0, 0.1) is 11.8 Å². The fourth-order valence-corrected chi connectivity index (χ4v) is 3.03. The lowest BCUT2D eigenvalue weighted by Gasteiger charge is -2.31. The zero-order chi connectivity index (χ0) is 9.97. The molecule has 3 unspecified atom stereocenters. The van der Waals surface area contributed by atoms with E-state index in [4.69, 9.17) is 4.74 Å². The maximum atomic E-state index is 5.86. The number of nitrogens with zero attached hydrogens (tertiary/aromatic N) is 1. The Labute approximate surface area is 87.6 Å². The zero-order valence-electron chi connectivity index (χ0n) is 9.54. The van der Waals surface area contributed by atoms with Gasteiger partial charge in [-0.3, -0.25) is 0 Å². The number of hydrogen-bond acceptors (Lipinski definition) is 2. The molecule has 1 aliphatic carbocycles. The topological polar surface area (TPSA) is 12.5 Å². The van der Waals surface area contributed by atoms with Crippen molar-refractivity contribution in [1.29, 1.82) is 0 Å². The molecule has 2 aliphatic rings. The van der Waals surface area contributed by atoms with Gasteiger partial charge in [-0.1, -0.05) is 6.92 Å². The van der Waals surface area contributed by atoms with Gasteiger partial charge < -0.3 is 9.64 Å².